The average Bonchev–Trinajstić information content (AvgIpc) is 2.53. The highest BCUT2D eigenvalue weighted by atomic mass is 35.5. The third kappa shape index (κ3) is 5.12. The molecule has 0 radical (unpaired) electrons. The molecule has 1 saturated carbocycles. The number of carbonyl (C=O) groups excluding carboxylic acids is 1. The molecule has 0 aromatic heterocycles. The minimum absolute atomic E-state index is 0. The molecule has 106 valence electrons. The average molecular weight is 276 g/mol. The Labute approximate surface area is 116 Å². The second kappa shape index (κ2) is 7.97. The normalized spacial score (nSPS) is 26.4. The van der Waals surface area contributed by atoms with E-state index in [4.69, 9.17) is 5.73 Å². The molecule has 1 aliphatic heterocycles. The predicted molar refractivity (Wildman–Crippen MR) is 75.9 cm³/mol. The minimum Gasteiger partial charge on any atom is -0.352 e. The van der Waals surface area contributed by atoms with E-state index in [1.54, 1.807) is 0 Å². The minimum atomic E-state index is 0. The van der Waals surface area contributed by atoms with Crippen LogP contribution in [0.25, 0.3) is 0 Å². The molecule has 2 rings (SSSR count). The van der Waals surface area contributed by atoms with Crippen molar-refractivity contribution >= 4 is 18.3 Å². The molecule has 3 N–H and O–H groups in total. The summed E-state index contributed by atoms with van der Waals surface area (Å²) in [6.45, 7) is 2.38. The van der Waals surface area contributed by atoms with Crippen molar-refractivity contribution in [2.45, 2.75) is 57.0 Å². The van der Waals surface area contributed by atoms with Crippen LogP contribution in [0.5, 0.6) is 0 Å². The van der Waals surface area contributed by atoms with E-state index in [1.165, 1.54) is 25.7 Å². The topological polar surface area (TPSA) is 58.4 Å². The molecule has 1 saturated heterocycles. The van der Waals surface area contributed by atoms with Gasteiger partial charge in [0.05, 0.1) is 6.54 Å². The van der Waals surface area contributed by atoms with E-state index in [-0.39, 0.29) is 24.4 Å². The van der Waals surface area contributed by atoms with Gasteiger partial charge in [0.25, 0.3) is 0 Å². The maximum Gasteiger partial charge on any atom is 0.234 e. The van der Waals surface area contributed by atoms with Gasteiger partial charge < -0.3 is 11.1 Å². The van der Waals surface area contributed by atoms with Crippen LogP contribution in [0.2, 0.25) is 0 Å². The molecule has 2 aliphatic rings. The number of nitrogens with two attached hydrogens (primary N) is 1. The standard InChI is InChI=1S/C13H25N3O.ClH/c14-11-7-8-16(9-11)10-13(17)15-12-5-3-1-2-4-6-12;/h11-12H,1-10,14H2,(H,15,17);1H/t11-;/m0./s1. The highest BCUT2D eigenvalue weighted by Gasteiger charge is 2.22. The van der Waals surface area contributed by atoms with E-state index in [1.807, 2.05) is 0 Å². The number of nitrogens with one attached hydrogen (secondary N) is 1. The maximum atomic E-state index is 11.9. The van der Waals surface area contributed by atoms with Crippen LogP contribution in [-0.4, -0.2) is 42.5 Å². The molecule has 5 heteroatoms. The lowest BCUT2D eigenvalue weighted by Crippen LogP contribution is -2.41. The quantitative estimate of drug-likeness (QED) is 0.763. The van der Waals surface area contributed by atoms with E-state index < -0.39 is 0 Å². The van der Waals surface area contributed by atoms with Crippen molar-refractivity contribution in [3.63, 3.8) is 0 Å². The van der Waals surface area contributed by atoms with E-state index in [0.29, 0.717) is 12.6 Å². The lowest BCUT2D eigenvalue weighted by Gasteiger charge is -2.19. The Morgan fingerprint density at radius 1 is 1.17 bits per heavy atom. The summed E-state index contributed by atoms with van der Waals surface area (Å²) in [6.07, 6.45) is 8.52. The summed E-state index contributed by atoms with van der Waals surface area (Å²) >= 11 is 0. The molecule has 18 heavy (non-hydrogen) atoms. The zero-order valence-corrected chi connectivity index (χ0v) is 11.9. The molecule has 0 bridgehead atoms. The van der Waals surface area contributed by atoms with Crippen LogP contribution in [0.1, 0.15) is 44.9 Å². The zero-order valence-electron chi connectivity index (χ0n) is 11.1. The van der Waals surface area contributed by atoms with Gasteiger partial charge in [-0.3, -0.25) is 9.69 Å². The summed E-state index contributed by atoms with van der Waals surface area (Å²) in [7, 11) is 0. The summed E-state index contributed by atoms with van der Waals surface area (Å²) in [5, 5.41) is 3.18. The summed E-state index contributed by atoms with van der Waals surface area (Å²) in [4.78, 5) is 14.1. The molecule has 1 heterocycles. The smallest absolute Gasteiger partial charge is 0.234 e. The first-order chi connectivity index (χ1) is 8.24. The first-order valence-electron chi connectivity index (χ1n) is 7.01. The molecular weight excluding hydrogens is 250 g/mol. The van der Waals surface area contributed by atoms with Gasteiger partial charge in [0.15, 0.2) is 0 Å². The molecule has 0 unspecified atom stereocenters. The zero-order chi connectivity index (χ0) is 12.1. The monoisotopic (exact) mass is 275 g/mol. The Hall–Kier alpha value is -0.320. The molecule has 4 nitrogen and oxygen atoms in total. The van der Waals surface area contributed by atoms with Crippen LogP contribution < -0.4 is 11.1 Å². The van der Waals surface area contributed by atoms with E-state index in [2.05, 4.69) is 10.2 Å². The number of halogens is 1. The molecule has 0 spiro atoms. The van der Waals surface area contributed by atoms with E-state index in [0.717, 1.165) is 32.4 Å². The number of amides is 1. The number of nitrogens with zero attached hydrogens (tertiary/aromatic N) is 1. The van der Waals surface area contributed by atoms with Crippen LogP contribution in [0.15, 0.2) is 0 Å². The van der Waals surface area contributed by atoms with Gasteiger partial charge in [0.2, 0.25) is 5.91 Å². The fourth-order valence-corrected chi connectivity index (χ4v) is 2.91. The number of rotatable bonds is 3. The van der Waals surface area contributed by atoms with Crippen molar-refractivity contribution in [3.05, 3.63) is 0 Å². The third-order valence-electron chi connectivity index (χ3n) is 3.90. The Balaban J connectivity index is 0.00000162. The molecule has 1 amide bonds. The Morgan fingerprint density at radius 2 is 1.83 bits per heavy atom. The first-order valence-corrected chi connectivity index (χ1v) is 7.01. The van der Waals surface area contributed by atoms with Gasteiger partial charge in [-0.15, -0.1) is 12.4 Å². The lowest BCUT2D eigenvalue weighted by atomic mass is 10.1. The molecule has 1 aliphatic carbocycles. The van der Waals surface area contributed by atoms with E-state index >= 15 is 0 Å². The highest BCUT2D eigenvalue weighted by Crippen LogP contribution is 2.17. The fourth-order valence-electron chi connectivity index (χ4n) is 2.91. The van der Waals surface area contributed by atoms with Gasteiger partial charge in [-0.1, -0.05) is 25.7 Å². The molecule has 1 atom stereocenters. The molecule has 0 aromatic carbocycles. The second-order valence-electron chi connectivity index (χ2n) is 5.54. The second-order valence-corrected chi connectivity index (χ2v) is 5.54. The largest absolute Gasteiger partial charge is 0.352 e. The van der Waals surface area contributed by atoms with Gasteiger partial charge in [-0.2, -0.15) is 0 Å². The number of carbonyl (C=O) groups is 1. The Kier molecular flexibility index (Phi) is 6.97. The van der Waals surface area contributed by atoms with Crippen LogP contribution in [0.3, 0.4) is 0 Å². The van der Waals surface area contributed by atoms with Gasteiger partial charge in [-0.05, 0) is 19.3 Å². The number of likely N-dealkylation sites (tertiary alicyclic amines) is 1. The van der Waals surface area contributed by atoms with E-state index in [9.17, 15) is 4.79 Å². The van der Waals surface area contributed by atoms with Crippen LogP contribution in [0, 0.1) is 0 Å². The van der Waals surface area contributed by atoms with Crippen LogP contribution in [0.4, 0.5) is 0 Å². The maximum absolute atomic E-state index is 11.9. The van der Waals surface area contributed by atoms with Gasteiger partial charge in [0.1, 0.15) is 0 Å². The van der Waals surface area contributed by atoms with Gasteiger partial charge in [-0.25, -0.2) is 0 Å². The molecule has 0 aromatic rings. The summed E-state index contributed by atoms with van der Waals surface area (Å²) in [5.74, 6) is 0.186. The Morgan fingerprint density at radius 3 is 2.39 bits per heavy atom. The van der Waals surface area contributed by atoms with Gasteiger partial charge in [0, 0.05) is 25.2 Å². The lowest BCUT2D eigenvalue weighted by molar-refractivity contribution is -0.122. The van der Waals surface area contributed by atoms with Crippen molar-refractivity contribution in [2.24, 2.45) is 5.73 Å². The van der Waals surface area contributed by atoms with Crippen molar-refractivity contribution < 1.29 is 4.79 Å². The van der Waals surface area contributed by atoms with Crippen molar-refractivity contribution in [3.8, 4) is 0 Å². The molecule has 2 fully saturated rings. The number of hydrogen-bond donors (Lipinski definition) is 2. The van der Waals surface area contributed by atoms with Crippen LogP contribution in [-0.2, 0) is 4.79 Å². The Bertz CT molecular complexity index is 255. The summed E-state index contributed by atoms with van der Waals surface area (Å²) in [5.41, 5.74) is 5.83. The highest BCUT2D eigenvalue weighted by molar-refractivity contribution is 5.85. The molecular formula is C13H26ClN3O. The number of hydrogen-bond acceptors (Lipinski definition) is 3. The summed E-state index contributed by atoms with van der Waals surface area (Å²) in [6, 6.07) is 0.682. The SMILES string of the molecule is Cl.N[C@H]1CCN(CC(=O)NC2CCCCCC2)C1. The third-order valence-corrected chi connectivity index (χ3v) is 3.90. The fraction of sp³-hybridized carbons (Fsp3) is 0.923. The predicted octanol–water partition coefficient (Wildman–Crippen LogP) is 1.28. The first kappa shape index (κ1) is 15.7. The van der Waals surface area contributed by atoms with Crippen molar-refractivity contribution in [1.29, 1.82) is 0 Å². The van der Waals surface area contributed by atoms with Crippen molar-refractivity contribution in [2.75, 3.05) is 19.6 Å². The van der Waals surface area contributed by atoms with Gasteiger partial charge >= 0.3 is 0 Å². The van der Waals surface area contributed by atoms with Crippen LogP contribution >= 0.6 is 12.4 Å². The summed E-state index contributed by atoms with van der Waals surface area (Å²) < 4.78 is 0. The van der Waals surface area contributed by atoms with Crippen molar-refractivity contribution in [1.82, 2.24) is 10.2 Å².